The van der Waals surface area contributed by atoms with E-state index < -0.39 is 0 Å². The molecule has 0 heterocycles. The van der Waals surface area contributed by atoms with Crippen LogP contribution in [0.15, 0.2) is 11.8 Å². The summed E-state index contributed by atoms with van der Waals surface area (Å²) in [4.78, 5) is 0. The predicted octanol–water partition coefficient (Wildman–Crippen LogP) is -0.569. The number of hydrogen-bond donors (Lipinski definition) is 3. The molecule has 0 rings (SSSR count). The second-order valence-electron chi connectivity index (χ2n) is 1.76. The van der Waals surface area contributed by atoms with Crippen molar-refractivity contribution in [3.05, 3.63) is 11.8 Å². The van der Waals surface area contributed by atoms with Crippen molar-refractivity contribution >= 4 is 0 Å². The van der Waals surface area contributed by atoms with Crippen LogP contribution < -0.4 is 11.1 Å². The van der Waals surface area contributed by atoms with E-state index in [2.05, 4.69) is 5.32 Å². The predicted molar refractivity (Wildman–Crippen MR) is 37.9 cm³/mol. The molecular formula is C6H14N2O. The van der Waals surface area contributed by atoms with Gasteiger partial charge in [-0.1, -0.05) is 6.08 Å². The first-order valence-electron chi connectivity index (χ1n) is 3.03. The summed E-state index contributed by atoms with van der Waals surface area (Å²) >= 11 is 0. The molecule has 0 aliphatic heterocycles. The Labute approximate surface area is 55.6 Å². The van der Waals surface area contributed by atoms with Crippen LogP contribution in [0.5, 0.6) is 0 Å². The lowest BCUT2D eigenvalue weighted by atomic mass is 10.4. The topological polar surface area (TPSA) is 58.3 Å². The second-order valence-corrected chi connectivity index (χ2v) is 1.76. The molecule has 0 saturated heterocycles. The molecular weight excluding hydrogens is 116 g/mol. The monoisotopic (exact) mass is 130 g/mol. The van der Waals surface area contributed by atoms with Crippen LogP contribution in [0.25, 0.3) is 0 Å². The Balaban J connectivity index is 3.07. The molecule has 3 nitrogen and oxygen atoms in total. The van der Waals surface area contributed by atoms with Crippen LogP contribution in [0.3, 0.4) is 0 Å². The summed E-state index contributed by atoms with van der Waals surface area (Å²) in [5, 5.41) is 11.3. The maximum atomic E-state index is 8.33. The number of hydrogen-bond acceptors (Lipinski definition) is 3. The highest BCUT2D eigenvalue weighted by Gasteiger charge is 1.85. The third-order valence-corrected chi connectivity index (χ3v) is 0.988. The number of aliphatic hydroxyl groups is 1. The zero-order chi connectivity index (χ0) is 7.11. The van der Waals surface area contributed by atoms with Gasteiger partial charge in [0, 0.05) is 18.8 Å². The lowest BCUT2D eigenvalue weighted by Gasteiger charge is -2.00. The van der Waals surface area contributed by atoms with Gasteiger partial charge in [0.15, 0.2) is 0 Å². The molecule has 3 heteroatoms. The first kappa shape index (κ1) is 8.46. The molecule has 4 N–H and O–H groups in total. The van der Waals surface area contributed by atoms with E-state index in [1.807, 2.05) is 13.0 Å². The van der Waals surface area contributed by atoms with E-state index in [-0.39, 0.29) is 6.61 Å². The van der Waals surface area contributed by atoms with Crippen LogP contribution in [0.4, 0.5) is 0 Å². The molecule has 0 aliphatic rings. The number of aliphatic hydroxyl groups excluding tert-OH is 1. The van der Waals surface area contributed by atoms with Crippen LogP contribution in [-0.2, 0) is 0 Å². The van der Waals surface area contributed by atoms with E-state index in [0.29, 0.717) is 13.1 Å². The molecule has 0 bridgehead atoms. The summed E-state index contributed by atoms with van der Waals surface area (Å²) < 4.78 is 0. The van der Waals surface area contributed by atoms with Crippen LogP contribution >= 0.6 is 0 Å². The molecule has 9 heavy (non-hydrogen) atoms. The van der Waals surface area contributed by atoms with E-state index in [1.54, 1.807) is 0 Å². The zero-order valence-corrected chi connectivity index (χ0v) is 5.72. The third kappa shape index (κ3) is 5.33. The van der Waals surface area contributed by atoms with Crippen molar-refractivity contribution in [3.63, 3.8) is 0 Å². The quantitative estimate of drug-likeness (QED) is 0.447. The SMILES string of the molecule is C/C=C(\N)CNCCO. The zero-order valence-electron chi connectivity index (χ0n) is 5.72. The average Bonchev–Trinajstić information content (AvgIpc) is 1.89. The maximum Gasteiger partial charge on any atom is 0.0556 e. The molecule has 0 amide bonds. The molecule has 54 valence electrons. The molecule has 0 spiro atoms. The summed E-state index contributed by atoms with van der Waals surface area (Å²) in [6.45, 7) is 3.32. The lowest BCUT2D eigenvalue weighted by molar-refractivity contribution is 0.294. The van der Waals surface area contributed by atoms with Gasteiger partial charge >= 0.3 is 0 Å². The van der Waals surface area contributed by atoms with Crippen LogP contribution in [-0.4, -0.2) is 24.8 Å². The Hall–Kier alpha value is -0.540. The summed E-state index contributed by atoms with van der Waals surface area (Å²) in [7, 11) is 0. The van der Waals surface area contributed by atoms with Gasteiger partial charge < -0.3 is 16.2 Å². The van der Waals surface area contributed by atoms with Crippen molar-refractivity contribution in [2.75, 3.05) is 19.7 Å². The number of nitrogens with two attached hydrogens (primary N) is 1. The summed E-state index contributed by atoms with van der Waals surface area (Å²) in [6.07, 6.45) is 1.84. The summed E-state index contributed by atoms with van der Waals surface area (Å²) in [5.74, 6) is 0. The fraction of sp³-hybridized carbons (Fsp3) is 0.667. The Bertz CT molecular complexity index is 91.1. The van der Waals surface area contributed by atoms with Crippen LogP contribution in [0.1, 0.15) is 6.92 Å². The summed E-state index contributed by atoms with van der Waals surface area (Å²) in [6, 6.07) is 0. The third-order valence-electron chi connectivity index (χ3n) is 0.988. The van der Waals surface area contributed by atoms with Crippen molar-refractivity contribution in [2.24, 2.45) is 5.73 Å². The van der Waals surface area contributed by atoms with Gasteiger partial charge in [-0.05, 0) is 6.92 Å². The van der Waals surface area contributed by atoms with Gasteiger partial charge in [0.05, 0.1) is 6.61 Å². The number of nitrogens with one attached hydrogen (secondary N) is 1. The van der Waals surface area contributed by atoms with Gasteiger partial charge in [-0.2, -0.15) is 0 Å². The molecule has 0 atom stereocenters. The van der Waals surface area contributed by atoms with Gasteiger partial charge in [-0.3, -0.25) is 0 Å². The van der Waals surface area contributed by atoms with E-state index in [9.17, 15) is 0 Å². The average molecular weight is 130 g/mol. The Morgan fingerprint density at radius 3 is 2.89 bits per heavy atom. The van der Waals surface area contributed by atoms with Crippen molar-refractivity contribution < 1.29 is 5.11 Å². The molecule has 0 aliphatic carbocycles. The van der Waals surface area contributed by atoms with E-state index in [4.69, 9.17) is 10.8 Å². The minimum Gasteiger partial charge on any atom is -0.401 e. The first-order chi connectivity index (χ1) is 4.31. The van der Waals surface area contributed by atoms with E-state index in [1.165, 1.54) is 0 Å². The Kier molecular flexibility index (Phi) is 5.26. The first-order valence-corrected chi connectivity index (χ1v) is 3.03. The highest BCUT2D eigenvalue weighted by Crippen LogP contribution is 1.76. The number of allylic oxidation sites excluding steroid dienone is 1. The van der Waals surface area contributed by atoms with Crippen LogP contribution in [0, 0.1) is 0 Å². The molecule has 0 aromatic heterocycles. The lowest BCUT2D eigenvalue weighted by Crippen LogP contribution is -2.23. The molecule has 0 saturated carbocycles. The fourth-order valence-corrected chi connectivity index (χ4v) is 0.414. The van der Waals surface area contributed by atoms with Gasteiger partial charge in [0.25, 0.3) is 0 Å². The molecule has 0 aromatic carbocycles. The fourth-order valence-electron chi connectivity index (χ4n) is 0.414. The van der Waals surface area contributed by atoms with E-state index >= 15 is 0 Å². The van der Waals surface area contributed by atoms with Crippen molar-refractivity contribution in [2.45, 2.75) is 6.92 Å². The molecule has 0 aromatic rings. The standard InChI is InChI=1S/C6H14N2O/c1-2-6(7)5-8-3-4-9/h2,8-9H,3-5,7H2,1H3/b6-2-. The minimum absolute atomic E-state index is 0.164. The molecule has 0 unspecified atom stereocenters. The van der Waals surface area contributed by atoms with Gasteiger partial charge in [-0.25, -0.2) is 0 Å². The molecule has 0 radical (unpaired) electrons. The van der Waals surface area contributed by atoms with E-state index in [0.717, 1.165) is 5.70 Å². The highest BCUT2D eigenvalue weighted by atomic mass is 16.3. The smallest absolute Gasteiger partial charge is 0.0556 e. The van der Waals surface area contributed by atoms with Crippen molar-refractivity contribution in [1.29, 1.82) is 0 Å². The molecule has 0 fully saturated rings. The van der Waals surface area contributed by atoms with Gasteiger partial charge in [-0.15, -0.1) is 0 Å². The largest absolute Gasteiger partial charge is 0.401 e. The van der Waals surface area contributed by atoms with Gasteiger partial charge in [0.1, 0.15) is 0 Å². The highest BCUT2D eigenvalue weighted by molar-refractivity contribution is 4.95. The number of rotatable bonds is 4. The second kappa shape index (κ2) is 5.59. The summed E-state index contributed by atoms with van der Waals surface area (Å²) in [5.41, 5.74) is 6.24. The Morgan fingerprint density at radius 2 is 2.44 bits per heavy atom. The van der Waals surface area contributed by atoms with Gasteiger partial charge in [0.2, 0.25) is 0 Å². The Morgan fingerprint density at radius 1 is 1.78 bits per heavy atom. The van der Waals surface area contributed by atoms with Crippen LogP contribution in [0.2, 0.25) is 0 Å². The van der Waals surface area contributed by atoms with Crippen molar-refractivity contribution in [3.8, 4) is 0 Å². The minimum atomic E-state index is 0.164. The van der Waals surface area contributed by atoms with Crippen molar-refractivity contribution in [1.82, 2.24) is 5.32 Å². The normalized spacial score (nSPS) is 12.0. The maximum absolute atomic E-state index is 8.33.